The molecule has 20 heavy (non-hydrogen) atoms. The van der Waals surface area contributed by atoms with Crippen LogP contribution in [0.15, 0.2) is 22.7 Å². The van der Waals surface area contributed by atoms with Gasteiger partial charge < -0.3 is 11.1 Å². The van der Waals surface area contributed by atoms with Crippen LogP contribution in [0.3, 0.4) is 0 Å². The number of nitrogens with one attached hydrogen (secondary N) is 1. The van der Waals surface area contributed by atoms with Gasteiger partial charge in [0.1, 0.15) is 5.82 Å². The monoisotopic (exact) mass is 342 g/mol. The standard InChI is InChI=1S/C15H20BrFN2O/c16-12-8-10(4-5-13(12)17)6-7-19-15(20)9-11-2-1-3-14(11)18/h4-5,8,11,14H,1-3,6-7,9,18H2,(H,19,20)/t11-,14+/m0/s1. The summed E-state index contributed by atoms with van der Waals surface area (Å²) in [6.45, 7) is 0.568. The zero-order valence-electron chi connectivity index (χ0n) is 11.4. The number of amides is 1. The Labute approximate surface area is 127 Å². The van der Waals surface area contributed by atoms with E-state index >= 15 is 0 Å². The van der Waals surface area contributed by atoms with E-state index in [1.54, 1.807) is 12.1 Å². The summed E-state index contributed by atoms with van der Waals surface area (Å²) in [5, 5.41) is 2.91. The molecule has 5 heteroatoms. The van der Waals surface area contributed by atoms with E-state index in [2.05, 4.69) is 21.2 Å². The molecule has 1 aliphatic rings. The molecule has 0 bridgehead atoms. The van der Waals surface area contributed by atoms with Crippen LogP contribution in [0, 0.1) is 11.7 Å². The second kappa shape index (κ2) is 7.18. The molecule has 0 aliphatic heterocycles. The minimum Gasteiger partial charge on any atom is -0.356 e. The molecule has 3 N–H and O–H groups in total. The molecule has 1 saturated carbocycles. The molecule has 1 aromatic carbocycles. The molecule has 0 heterocycles. The average Bonchev–Trinajstić information content (AvgIpc) is 2.79. The fourth-order valence-corrected chi connectivity index (χ4v) is 3.10. The molecule has 2 atom stereocenters. The highest BCUT2D eigenvalue weighted by Gasteiger charge is 2.25. The van der Waals surface area contributed by atoms with Gasteiger partial charge in [-0.25, -0.2) is 4.39 Å². The molecular formula is C15H20BrFN2O. The van der Waals surface area contributed by atoms with Gasteiger partial charge in [0.25, 0.3) is 0 Å². The number of benzene rings is 1. The van der Waals surface area contributed by atoms with Crippen molar-refractivity contribution < 1.29 is 9.18 Å². The summed E-state index contributed by atoms with van der Waals surface area (Å²) < 4.78 is 13.5. The molecule has 110 valence electrons. The number of halogens is 2. The fourth-order valence-electron chi connectivity index (χ4n) is 2.67. The average molecular weight is 343 g/mol. The SMILES string of the molecule is N[C@@H]1CCC[C@H]1CC(=O)NCCc1ccc(F)c(Br)c1. The number of rotatable bonds is 5. The van der Waals surface area contributed by atoms with Gasteiger partial charge >= 0.3 is 0 Å². The van der Waals surface area contributed by atoms with Gasteiger partial charge in [-0.05, 0) is 58.8 Å². The number of hydrogen-bond donors (Lipinski definition) is 2. The molecule has 0 saturated heterocycles. The first-order valence-corrected chi connectivity index (χ1v) is 7.82. The van der Waals surface area contributed by atoms with Crippen molar-refractivity contribution in [2.45, 2.75) is 38.1 Å². The first kappa shape index (κ1) is 15.4. The Morgan fingerprint density at radius 2 is 2.25 bits per heavy atom. The maximum atomic E-state index is 13.1. The second-order valence-electron chi connectivity index (χ2n) is 5.41. The van der Waals surface area contributed by atoms with Crippen molar-refractivity contribution in [3.8, 4) is 0 Å². The van der Waals surface area contributed by atoms with E-state index in [4.69, 9.17) is 5.73 Å². The summed E-state index contributed by atoms with van der Waals surface area (Å²) in [6, 6.07) is 5.08. The van der Waals surface area contributed by atoms with E-state index in [-0.39, 0.29) is 17.8 Å². The Balaban J connectivity index is 1.72. The van der Waals surface area contributed by atoms with Gasteiger partial charge in [0.05, 0.1) is 4.47 Å². The third kappa shape index (κ3) is 4.28. The minimum atomic E-state index is -0.270. The quantitative estimate of drug-likeness (QED) is 0.864. The zero-order chi connectivity index (χ0) is 14.5. The predicted molar refractivity (Wildman–Crippen MR) is 80.7 cm³/mol. The Bertz CT molecular complexity index is 481. The Kier molecular flexibility index (Phi) is 5.54. The van der Waals surface area contributed by atoms with Crippen LogP contribution in [0.5, 0.6) is 0 Å². The van der Waals surface area contributed by atoms with Gasteiger partial charge in [-0.1, -0.05) is 12.5 Å². The van der Waals surface area contributed by atoms with Crippen molar-refractivity contribution in [2.24, 2.45) is 11.7 Å². The van der Waals surface area contributed by atoms with Gasteiger partial charge in [-0.15, -0.1) is 0 Å². The zero-order valence-corrected chi connectivity index (χ0v) is 13.0. The van der Waals surface area contributed by atoms with E-state index in [0.717, 1.165) is 24.8 Å². The molecule has 0 spiro atoms. The van der Waals surface area contributed by atoms with Gasteiger partial charge in [0.2, 0.25) is 5.91 Å². The van der Waals surface area contributed by atoms with Crippen LogP contribution in [0.25, 0.3) is 0 Å². The van der Waals surface area contributed by atoms with Crippen molar-refractivity contribution in [3.63, 3.8) is 0 Å². The molecule has 1 amide bonds. The summed E-state index contributed by atoms with van der Waals surface area (Å²) in [7, 11) is 0. The Hall–Kier alpha value is -0.940. The second-order valence-corrected chi connectivity index (χ2v) is 6.26. The van der Waals surface area contributed by atoms with Gasteiger partial charge in [0.15, 0.2) is 0 Å². The molecular weight excluding hydrogens is 323 g/mol. The molecule has 3 nitrogen and oxygen atoms in total. The lowest BCUT2D eigenvalue weighted by Crippen LogP contribution is -2.32. The highest BCUT2D eigenvalue weighted by molar-refractivity contribution is 9.10. The van der Waals surface area contributed by atoms with Crippen molar-refractivity contribution in [1.29, 1.82) is 0 Å². The van der Waals surface area contributed by atoms with E-state index < -0.39 is 0 Å². The Morgan fingerprint density at radius 1 is 1.45 bits per heavy atom. The summed E-state index contributed by atoms with van der Waals surface area (Å²) in [4.78, 5) is 11.8. The van der Waals surface area contributed by atoms with Gasteiger partial charge in [0, 0.05) is 19.0 Å². The highest BCUT2D eigenvalue weighted by Crippen LogP contribution is 2.26. The van der Waals surface area contributed by atoms with Crippen molar-refractivity contribution in [2.75, 3.05) is 6.54 Å². The third-order valence-electron chi connectivity index (χ3n) is 3.89. The van der Waals surface area contributed by atoms with Crippen LogP contribution in [0.4, 0.5) is 4.39 Å². The lowest BCUT2D eigenvalue weighted by atomic mass is 10.00. The van der Waals surface area contributed by atoms with E-state index in [0.29, 0.717) is 29.8 Å². The number of carbonyl (C=O) groups is 1. The van der Waals surface area contributed by atoms with Crippen LogP contribution >= 0.6 is 15.9 Å². The summed E-state index contributed by atoms with van der Waals surface area (Å²) in [5.41, 5.74) is 6.95. The number of hydrogen-bond acceptors (Lipinski definition) is 2. The van der Waals surface area contributed by atoms with E-state index in [1.807, 2.05) is 0 Å². The van der Waals surface area contributed by atoms with Crippen LogP contribution in [0.2, 0.25) is 0 Å². The maximum Gasteiger partial charge on any atom is 0.220 e. The summed E-state index contributed by atoms with van der Waals surface area (Å²) >= 11 is 3.16. The highest BCUT2D eigenvalue weighted by atomic mass is 79.9. The molecule has 0 unspecified atom stereocenters. The first-order chi connectivity index (χ1) is 9.56. The van der Waals surface area contributed by atoms with Crippen molar-refractivity contribution in [1.82, 2.24) is 5.32 Å². The van der Waals surface area contributed by atoms with E-state index in [9.17, 15) is 9.18 Å². The predicted octanol–water partition coefficient (Wildman–Crippen LogP) is 2.76. The van der Waals surface area contributed by atoms with Crippen LogP contribution in [-0.4, -0.2) is 18.5 Å². The van der Waals surface area contributed by atoms with Gasteiger partial charge in [-0.3, -0.25) is 4.79 Å². The van der Waals surface area contributed by atoms with Crippen molar-refractivity contribution >= 4 is 21.8 Å². The topological polar surface area (TPSA) is 55.1 Å². The molecule has 1 fully saturated rings. The largest absolute Gasteiger partial charge is 0.356 e. The first-order valence-electron chi connectivity index (χ1n) is 7.02. The van der Waals surface area contributed by atoms with Crippen LogP contribution in [-0.2, 0) is 11.2 Å². The van der Waals surface area contributed by atoms with E-state index in [1.165, 1.54) is 6.07 Å². The summed E-state index contributed by atoms with van der Waals surface area (Å²) in [6.07, 6.45) is 4.43. The van der Waals surface area contributed by atoms with Crippen LogP contribution in [0.1, 0.15) is 31.2 Å². The number of carbonyl (C=O) groups excluding carboxylic acids is 1. The molecule has 2 rings (SSSR count). The normalized spacial score (nSPS) is 21.9. The minimum absolute atomic E-state index is 0.0635. The molecule has 1 aliphatic carbocycles. The van der Waals surface area contributed by atoms with Crippen molar-refractivity contribution in [3.05, 3.63) is 34.1 Å². The lowest BCUT2D eigenvalue weighted by Gasteiger charge is -2.14. The molecule has 0 radical (unpaired) electrons. The van der Waals surface area contributed by atoms with Crippen LogP contribution < -0.4 is 11.1 Å². The number of nitrogens with two attached hydrogens (primary N) is 1. The smallest absolute Gasteiger partial charge is 0.220 e. The lowest BCUT2D eigenvalue weighted by molar-refractivity contribution is -0.122. The van der Waals surface area contributed by atoms with Gasteiger partial charge in [-0.2, -0.15) is 0 Å². The summed E-state index contributed by atoms with van der Waals surface area (Å²) in [5.74, 6) is 0.122. The fraction of sp³-hybridized carbons (Fsp3) is 0.533. The molecule has 1 aromatic rings. The Morgan fingerprint density at radius 3 is 2.90 bits per heavy atom. The third-order valence-corrected chi connectivity index (χ3v) is 4.49. The molecule has 0 aromatic heterocycles. The maximum absolute atomic E-state index is 13.1.